The van der Waals surface area contributed by atoms with Crippen LogP contribution in [0.5, 0.6) is 0 Å². The second-order valence-corrected chi connectivity index (χ2v) is 5.13. The lowest BCUT2D eigenvalue weighted by Crippen LogP contribution is -2.41. The molecule has 1 fully saturated rings. The number of nitrogens with zero attached hydrogens (tertiary/aromatic N) is 5. The van der Waals surface area contributed by atoms with Gasteiger partial charge in [-0.25, -0.2) is 0 Å². The Bertz CT molecular complexity index is 493. The Labute approximate surface area is 128 Å². The summed E-state index contributed by atoms with van der Waals surface area (Å²) in [6.45, 7) is 2.97. The minimum atomic E-state index is 0.0961. The van der Waals surface area contributed by atoms with Gasteiger partial charge in [0.1, 0.15) is 0 Å². The molecule has 0 aliphatic carbocycles. The topological polar surface area (TPSA) is 83.5 Å². The molecule has 1 amide bonds. The van der Waals surface area contributed by atoms with Gasteiger partial charge < -0.3 is 19.9 Å². The zero-order chi connectivity index (χ0) is 15.2. The first-order chi connectivity index (χ1) is 10.1. The highest BCUT2D eigenvalue weighted by atomic mass is 35.5. The van der Waals surface area contributed by atoms with Crippen LogP contribution in [0.1, 0.15) is 6.42 Å². The zero-order valence-corrected chi connectivity index (χ0v) is 12.9. The van der Waals surface area contributed by atoms with E-state index in [2.05, 4.69) is 20.3 Å². The van der Waals surface area contributed by atoms with Gasteiger partial charge in [0.05, 0.1) is 13.2 Å². The normalized spacial score (nSPS) is 14.9. The average molecular weight is 315 g/mol. The van der Waals surface area contributed by atoms with E-state index in [-0.39, 0.29) is 11.2 Å². The van der Waals surface area contributed by atoms with Crippen molar-refractivity contribution in [2.24, 2.45) is 0 Å². The Hall–Kier alpha value is -1.67. The van der Waals surface area contributed by atoms with E-state index in [9.17, 15) is 4.79 Å². The van der Waals surface area contributed by atoms with E-state index in [1.54, 1.807) is 9.80 Å². The summed E-state index contributed by atoms with van der Waals surface area (Å²) >= 11 is 5.84. The first-order valence-corrected chi connectivity index (χ1v) is 7.12. The van der Waals surface area contributed by atoms with Crippen molar-refractivity contribution in [1.82, 2.24) is 19.9 Å². The number of hydrogen-bond donors (Lipinski definition) is 1. The second-order valence-electron chi connectivity index (χ2n) is 4.79. The number of halogens is 1. The van der Waals surface area contributed by atoms with Crippen LogP contribution < -0.4 is 10.2 Å². The lowest BCUT2D eigenvalue weighted by molar-refractivity contribution is -0.134. The Morgan fingerprint density at radius 2 is 2.05 bits per heavy atom. The Morgan fingerprint density at radius 1 is 1.33 bits per heavy atom. The average Bonchev–Trinajstić information content (AvgIpc) is 2.47. The Morgan fingerprint density at radius 3 is 2.71 bits per heavy atom. The number of morpholine rings is 1. The van der Waals surface area contributed by atoms with Crippen LogP contribution in [0.2, 0.25) is 5.28 Å². The van der Waals surface area contributed by atoms with Gasteiger partial charge in [0.15, 0.2) is 0 Å². The van der Waals surface area contributed by atoms with Crippen LogP contribution in [0.4, 0.5) is 11.9 Å². The summed E-state index contributed by atoms with van der Waals surface area (Å²) < 4.78 is 5.22. The van der Waals surface area contributed by atoms with Gasteiger partial charge in [0, 0.05) is 40.2 Å². The summed E-state index contributed by atoms with van der Waals surface area (Å²) in [7, 11) is 3.63. The van der Waals surface area contributed by atoms with Crippen molar-refractivity contribution in [2.75, 3.05) is 57.2 Å². The molecule has 9 heteroatoms. The lowest BCUT2D eigenvalue weighted by atomic mass is 10.3. The predicted molar refractivity (Wildman–Crippen MR) is 79.7 cm³/mol. The van der Waals surface area contributed by atoms with Crippen molar-refractivity contribution in [2.45, 2.75) is 6.42 Å². The molecule has 1 N–H and O–H groups in total. The fourth-order valence-electron chi connectivity index (χ4n) is 1.87. The molecule has 0 spiro atoms. The number of aromatic nitrogens is 3. The number of carbonyl (C=O) groups is 1. The number of anilines is 2. The minimum absolute atomic E-state index is 0.0961. The first-order valence-electron chi connectivity index (χ1n) is 6.74. The summed E-state index contributed by atoms with van der Waals surface area (Å²) in [5.41, 5.74) is 0. The molecule has 1 saturated heterocycles. The SMILES string of the molecule is CN(C)c1nc(Cl)nc(NCCC(=O)N2CCOCC2)n1. The van der Waals surface area contributed by atoms with Crippen molar-refractivity contribution in [3.8, 4) is 0 Å². The molecule has 2 heterocycles. The molecule has 2 rings (SSSR count). The molecule has 1 aliphatic rings. The van der Waals surface area contributed by atoms with E-state index < -0.39 is 0 Å². The van der Waals surface area contributed by atoms with Gasteiger partial charge in [-0.2, -0.15) is 15.0 Å². The van der Waals surface area contributed by atoms with Crippen molar-refractivity contribution in [3.05, 3.63) is 5.28 Å². The quantitative estimate of drug-likeness (QED) is 0.834. The predicted octanol–water partition coefficient (Wildman–Crippen LogP) is 0.252. The molecule has 8 nitrogen and oxygen atoms in total. The van der Waals surface area contributed by atoms with Crippen LogP contribution in [0.25, 0.3) is 0 Å². The van der Waals surface area contributed by atoms with Gasteiger partial charge in [0.2, 0.25) is 23.1 Å². The first kappa shape index (κ1) is 15.7. The zero-order valence-electron chi connectivity index (χ0n) is 12.2. The fourth-order valence-corrected chi connectivity index (χ4v) is 2.03. The van der Waals surface area contributed by atoms with E-state index in [1.807, 2.05) is 14.1 Å². The van der Waals surface area contributed by atoms with Crippen LogP contribution in [-0.2, 0) is 9.53 Å². The molecule has 0 unspecified atom stereocenters. The summed E-state index contributed by atoms with van der Waals surface area (Å²) in [4.78, 5) is 27.7. The van der Waals surface area contributed by atoms with E-state index in [0.29, 0.717) is 51.2 Å². The molecule has 1 aliphatic heterocycles. The third kappa shape index (κ3) is 4.68. The van der Waals surface area contributed by atoms with E-state index in [1.165, 1.54) is 0 Å². The van der Waals surface area contributed by atoms with Crippen LogP contribution in [0.15, 0.2) is 0 Å². The maximum atomic E-state index is 12.0. The van der Waals surface area contributed by atoms with Gasteiger partial charge >= 0.3 is 0 Å². The highest BCUT2D eigenvalue weighted by Gasteiger charge is 2.16. The summed E-state index contributed by atoms with van der Waals surface area (Å²) in [6.07, 6.45) is 0.376. The van der Waals surface area contributed by atoms with E-state index in [0.717, 1.165) is 0 Å². The smallest absolute Gasteiger partial charge is 0.230 e. The number of carbonyl (C=O) groups excluding carboxylic acids is 1. The van der Waals surface area contributed by atoms with Gasteiger partial charge in [-0.15, -0.1) is 0 Å². The van der Waals surface area contributed by atoms with Crippen molar-refractivity contribution < 1.29 is 9.53 Å². The van der Waals surface area contributed by atoms with Crippen molar-refractivity contribution in [1.29, 1.82) is 0 Å². The van der Waals surface area contributed by atoms with Gasteiger partial charge in [-0.05, 0) is 11.6 Å². The lowest BCUT2D eigenvalue weighted by Gasteiger charge is -2.26. The molecule has 116 valence electrons. The monoisotopic (exact) mass is 314 g/mol. The minimum Gasteiger partial charge on any atom is -0.378 e. The maximum Gasteiger partial charge on any atom is 0.230 e. The van der Waals surface area contributed by atoms with Crippen LogP contribution in [0.3, 0.4) is 0 Å². The highest BCUT2D eigenvalue weighted by Crippen LogP contribution is 2.11. The highest BCUT2D eigenvalue weighted by molar-refractivity contribution is 6.28. The largest absolute Gasteiger partial charge is 0.378 e. The summed E-state index contributed by atoms with van der Waals surface area (Å²) in [6, 6.07) is 0. The number of ether oxygens (including phenoxy) is 1. The number of amides is 1. The van der Waals surface area contributed by atoms with Gasteiger partial charge in [0.25, 0.3) is 0 Å². The van der Waals surface area contributed by atoms with Gasteiger partial charge in [-0.1, -0.05) is 0 Å². The molecule has 1 aromatic rings. The third-order valence-electron chi connectivity index (χ3n) is 2.98. The molecule has 0 bridgehead atoms. The Balaban J connectivity index is 1.84. The standard InChI is InChI=1S/C12H19ClN6O2/c1-18(2)12-16-10(13)15-11(17-12)14-4-3-9(20)19-5-7-21-8-6-19/h3-8H2,1-2H3,(H,14,15,16,17). The number of hydrogen-bond acceptors (Lipinski definition) is 7. The van der Waals surface area contributed by atoms with Crippen LogP contribution >= 0.6 is 11.6 Å². The number of nitrogens with one attached hydrogen (secondary N) is 1. The van der Waals surface area contributed by atoms with Crippen molar-refractivity contribution >= 4 is 29.4 Å². The molecule has 0 radical (unpaired) electrons. The fraction of sp³-hybridized carbons (Fsp3) is 0.667. The molecule has 0 aromatic carbocycles. The second kappa shape index (κ2) is 7.37. The summed E-state index contributed by atoms with van der Waals surface area (Å²) in [5, 5.41) is 3.12. The summed E-state index contributed by atoms with van der Waals surface area (Å²) in [5.74, 6) is 0.935. The molecular formula is C12H19ClN6O2. The molecular weight excluding hydrogens is 296 g/mol. The molecule has 0 saturated carbocycles. The number of rotatable bonds is 5. The molecule has 0 atom stereocenters. The van der Waals surface area contributed by atoms with Crippen LogP contribution in [0, 0.1) is 0 Å². The Kier molecular flexibility index (Phi) is 5.51. The van der Waals surface area contributed by atoms with E-state index >= 15 is 0 Å². The van der Waals surface area contributed by atoms with Crippen LogP contribution in [-0.4, -0.2) is 72.7 Å². The van der Waals surface area contributed by atoms with E-state index in [4.69, 9.17) is 16.3 Å². The van der Waals surface area contributed by atoms with Crippen molar-refractivity contribution in [3.63, 3.8) is 0 Å². The third-order valence-corrected chi connectivity index (χ3v) is 3.15. The maximum absolute atomic E-state index is 12.0. The molecule has 21 heavy (non-hydrogen) atoms. The molecule has 1 aromatic heterocycles. The van der Waals surface area contributed by atoms with Gasteiger partial charge in [-0.3, -0.25) is 4.79 Å².